The molecule has 1 aromatic heterocycles. The van der Waals surface area contributed by atoms with E-state index in [-0.39, 0.29) is 5.91 Å². The van der Waals surface area contributed by atoms with Crippen molar-refractivity contribution in [2.24, 2.45) is 0 Å². The minimum absolute atomic E-state index is 0.0574. The number of anilines is 3. The second-order valence-electron chi connectivity index (χ2n) is 7.03. The summed E-state index contributed by atoms with van der Waals surface area (Å²) in [6.45, 7) is 6.42. The molecule has 6 nitrogen and oxygen atoms in total. The number of amides is 1. The zero-order chi connectivity index (χ0) is 19.2. The first-order chi connectivity index (χ1) is 13.8. The van der Waals surface area contributed by atoms with E-state index in [4.69, 9.17) is 9.47 Å². The Balaban J connectivity index is 1.49. The minimum Gasteiger partial charge on any atom is -0.378 e. The predicted octanol–water partition coefficient (Wildman–Crippen LogP) is 2.99. The fourth-order valence-electron chi connectivity index (χ4n) is 3.61. The molecule has 0 unspecified atom stereocenters. The van der Waals surface area contributed by atoms with E-state index in [1.807, 2.05) is 17.5 Å². The molecule has 0 spiro atoms. The molecule has 0 radical (unpaired) electrons. The lowest BCUT2D eigenvalue weighted by Crippen LogP contribution is -2.38. The predicted molar refractivity (Wildman–Crippen MR) is 114 cm³/mol. The van der Waals surface area contributed by atoms with Crippen molar-refractivity contribution < 1.29 is 14.3 Å². The van der Waals surface area contributed by atoms with Gasteiger partial charge in [-0.25, -0.2) is 0 Å². The summed E-state index contributed by atoms with van der Waals surface area (Å²) in [5.74, 6) is 0.0574. The quantitative estimate of drug-likeness (QED) is 0.807. The summed E-state index contributed by atoms with van der Waals surface area (Å²) in [6.07, 6.45) is 1.27. The second-order valence-corrected chi connectivity index (χ2v) is 8.06. The summed E-state index contributed by atoms with van der Waals surface area (Å²) in [5, 5.41) is 5.19. The molecule has 2 fully saturated rings. The first kappa shape index (κ1) is 19.2. The van der Waals surface area contributed by atoms with Crippen molar-refractivity contribution in [1.29, 1.82) is 0 Å². The van der Waals surface area contributed by atoms with Crippen molar-refractivity contribution in [1.82, 2.24) is 0 Å². The van der Waals surface area contributed by atoms with Crippen molar-refractivity contribution >= 4 is 34.3 Å². The van der Waals surface area contributed by atoms with Crippen LogP contribution in [0.4, 0.5) is 17.1 Å². The van der Waals surface area contributed by atoms with Gasteiger partial charge in [0, 0.05) is 43.2 Å². The summed E-state index contributed by atoms with van der Waals surface area (Å²) in [4.78, 5) is 18.4. The lowest BCUT2D eigenvalue weighted by molar-refractivity contribution is -0.116. The molecule has 1 amide bonds. The Kier molecular flexibility index (Phi) is 6.46. The molecule has 1 N–H and O–H groups in total. The number of thiophene rings is 1. The molecule has 2 saturated heterocycles. The van der Waals surface area contributed by atoms with Crippen molar-refractivity contribution in [3.05, 3.63) is 40.6 Å². The van der Waals surface area contributed by atoms with Gasteiger partial charge in [0.1, 0.15) is 0 Å². The largest absolute Gasteiger partial charge is 0.378 e. The van der Waals surface area contributed by atoms with Gasteiger partial charge in [0.05, 0.1) is 37.8 Å². The van der Waals surface area contributed by atoms with Gasteiger partial charge in [0.2, 0.25) is 5.91 Å². The summed E-state index contributed by atoms with van der Waals surface area (Å²) in [5.41, 5.74) is 3.15. The van der Waals surface area contributed by atoms with Gasteiger partial charge in [0.25, 0.3) is 0 Å². The zero-order valence-corrected chi connectivity index (χ0v) is 16.9. The molecule has 2 aliphatic heterocycles. The molecular formula is C21H27N3O3S. The third-order valence-corrected chi connectivity index (χ3v) is 6.10. The molecule has 0 saturated carbocycles. The van der Waals surface area contributed by atoms with Crippen molar-refractivity contribution in [3.8, 4) is 0 Å². The van der Waals surface area contributed by atoms with Crippen LogP contribution in [0, 0.1) is 0 Å². The number of carbonyl (C=O) groups excluding carboxylic acids is 1. The number of morpholine rings is 2. The molecule has 2 aromatic rings. The fraction of sp³-hybridized carbons (Fsp3) is 0.476. The molecule has 0 bridgehead atoms. The van der Waals surface area contributed by atoms with Gasteiger partial charge in [-0.15, -0.1) is 11.3 Å². The Morgan fingerprint density at radius 3 is 2.39 bits per heavy atom. The lowest BCUT2D eigenvalue weighted by atomic mass is 10.1. The van der Waals surface area contributed by atoms with E-state index in [1.54, 1.807) is 11.3 Å². The van der Waals surface area contributed by atoms with E-state index >= 15 is 0 Å². The van der Waals surface area contributed by atoms with Crippen LogP contribution in [0.15, 0.2) is 35.7 Å². The van der Waals surface area contributed by atoms with Gasteiger partial charge in [-0.3, -0.25) is 4.79 Å². The van der Waals surface area contributed by atoms with Crippen molar-refractivity contribution in [2.45, 2.75) is 12.8 Å². The topological polar surface area (TPSA) is 54.0 Å². The number of rotatable bonds is 6. The summed E-state index contributed by atoms with van der Waals surface area (Å²) in [7, 11) is 0. The average molecular weight is 402 g/mol. The number of hydrogen-bond acceptors (Lipinski definition) is 6. The maximum atomic E-state index is 12.6. The number of aryl methyl sites for hydroxylation is 1. The number of ether oxygens (including phenoxy) is 2. The van der Waals surface area contributed by atoms with E-state index in [1.165, 1.54) is 10.6 Å². The zero-order valence-electron chi connectivity index (χ0n) is 16.1. The van der Waals surface area contributed by atoms with E-state index in [0.717, 1.165) is 57.2 Å². The molecular weight excluding hydrogens is 374 g/mol. The number of carbonyl (C=O) groups is 1. The molecule has 0 aliphatic carbocycles. The van der Waals surface area contributed by atoms with Crippen LogP contribution in [-0.4, -0.2) is 58.5 Å². The number of nitrogens with one attached hydrogen (secondary N) is 1. The van der Waals surface area contributed by atoms with E-state index in [2.05, 4.69) is 33.3 Å². The number of benzene rings is 1. The van der Waals surface area contributed by atoms with Crippen LogP contribution in [0.1, 0.15) is 11.3 Å². The SMILES string of the molecule is O=C(CCc1cccs1)Nc1ccc(N2CCOCC2)cc1N1CCOCC1. The number of nitrogens with zero attached hydrogens (tertiary/aromatic N) is 2. The Bertz CT molecular complexity index is 769. The highest BCUT2D eigenvalue weighted by molar-refractivity contribution is 7.09. The number of hydrogen-bond donors (Lipinski definition) is 1. The molecule has 1 aromatic carbocycles. The van der Waals surface area contributed by atoms with Crippen LogP contribution in [0.3, 0.4) is 0 Å². The summed E-state index contributed by atoms with van der Waals surface area (Å²) < 4.78 is 11.0. The maximum absolute atomic E-state index is 12.6. The van der Waals surface area contributed by atoms with Gasteiger partial charge in [-0.1, -0.05) is 6.07 Å². The van der Waals surface area contributed by atoms with E-state index in [0.29, 0.717) is 19.6 Å². The molecule has 3 heterocycles. The van der Waals surface area contributed by atoms with Crippen LogP contribution in [0.2, 0.25) is 0 Å². The van der Waals surface area contributed by atoms with Crippen LogP contribution >= 0.6 is 11.3 Å². The Morgan fingerprint density at radius 2 is 1.71 bits per heavy atom. The smallest absolute Gasteiger partial charge is 0.224 e. The van der Waals surface area contributed by atoms with Crippen molar-refractivity contribution in [3.63, 3.8) is 0 Å². The van der Waals surface area contributed by atoms with Crippen LogP contribution in [0.5, 0.6) is 0 Å². The van der Waals surface area contributed by atoms with Gasteiger partial charge >= 0.3 is 0 Å². The third kappa shape index (κ3) is 4.84. The minimum atomic E-state index is 0.0574. The third-order valence-electron chi connectivity index (χ3n) is 5.16. The Labute approximate surface area is 170 Å². The molecule has 28 heavy (non-hydrogen) atoms. The molecule has 4 rings (SSSR count). The second kappa shape index (κ2) is 9.41. The highest BCUT2D eigenvalue weighted by atomic mass is 32.1. The summed E-state index contributed by atoms with van der Waals surface area (Å²) >= 11 is 1.70. The highest BCUT2D eigenvalue weighted by Crippen LogP contribution is 2.32. The normalized spacial score (nSPS) is 17.6. The van der Waals surface area contributed by atoms with Crippen molar-refractivity contribution in [2.75, 3.05) is 67.7 Å². The first-order valence-electron chi connectivity index (χ1n) is 9.91. The molecule has 7 heteroatoms. The first-order valence-corrected chi connectivity index (χ1v) is 10.8. The van der Waals surface area contributed by atoms with E-state index < -0.39 is 0 Å². The van der Waals surface area contributed by atoms with Crippen LogP contribution in [0.25, 0.3) is 0 Å². The highest BCUT2D eigenvalue weighted by Gasteiger charge is 2.19. The maximum Gasteiger partial charge on any atom is 0.224 e. The Morgan fingerprint density at radius 1 is 1.00 bits per heavy atom. The van der Waals surface area contributed by atoms with Gasteiger partial charge < -0.3 is 24.6 Å². The van der Waals surface area contributed by atoms with Gasteiger partial charge in [-0.2, -0.15) is 0 Å². The van der Waals surface area contributed by atoms with Gasteiger partial charge in [-0.05, 0) is 36.1 Å². The Hall–Kier alpha value is -2.09. The van der Waals surface area contributed by atoms with E-state index in [9.17, 15) is 4.79 Å². The lowest BCUT2D eigenvalue weighted by Gasteiger charge is -2.33. The average Bonchev–Trinajstić information content (AvgIpc) is 3.28. The fourth-order valence-corrected chi connectivity index (χ4v) is 4.32. The van der Waals surface area contributed by atoms with Crippen LogP contribution in [-0.2, 0) is 20.7 Å². The molecule has 150 valence electrons. The monoisotopic (exact) mass is 401 g/mol. The van der Waals surface area contributed by atoms with Crippen LogP contribution < -0.4 is 15.1 Å². The molecule has 0 atom stereocenters. The standard InChI is InChI=1S/C21H27N3O3S/c25-21(6-4-18-2-1-15-28-18)22-19-5-3-17(23-7-11-26-12-8-23)16-20(19)24-9-13-27-14-10-24/h1-3,5,15-16H,4,6-14H2,(H,22,25). The molecule has 2 aliphatic rings. The summed E-state index contributed by atoms with van der Waals surface area (Å²) in [6, 6.07) is 10.4. The van der Waals surface area contributed by atoms with Gasteiger partial charge in [0.15, 0.2) is 0 Å².